The van der Waals surface area contributed by atoms with Gasteiger partial charge in [-0.3, -0.25) is 3.97 Å². The number of aromatic nitrogens is 1. The van der Waals surface area contributed by atoms with Crippen LogP contribution in [0.1, 0.15) is 56.9 Å². The fourth-order valence-corrected chi connectivity index (χ4v) is 3.48. The maximum atomic E-state index is 3.92. The van der Waals surface area contributed by atoms with Crippen LogP contribution in [0.2, 0.25) is 0 Å². The van der Waals surface area contributed by atoms with Gasteiger partial charge in [-0.05, 0) is 38.3 Å². The molecule has 0 aliphatic carbocycles. The second-order valence-electron chi connectivity index (χ2n) is 4.71. The first-order chi connectivity index (χ1) is 9.76. The van der Waals surface area contributed by atoms with Gasteiger partial charge in [-0.2, -0.15) is 0 Å². The summed E-state index contributed by atoms with van der Waals surface area (Å²) in [4.78, 5) is 0. The average molecular weight is 292 g/mol. The third kappa shape index (κ3) is 4.29. The molecule has 2 nitrogen and oxygen atoms in total. The molecule has 0 amide bonds. The Morgan fingerprint density at radius 1 is 1.20 bits per heavy atom. The maximum absolute atomic E-state index is 3.92. The van der Waals surface area contributed by atoms with Crippen LogP contribution in [0.5, 0.6) is 0 Å². The van der Waals surface area contributed by atoms with Gasteiger partial charge in [-0.1, -0.05) is 39.0 Å². The predicted molar refractivity (Wildman–Crippen MR) is 93.7 cm³/mol. The van der Waals surface area contributed by atoms with E-state index in [2.05, 4.69) is 47.1 Å². The molecule has 0 radical (unpaired) electrons. The van der Waals surface area contributed by atoms with Crippen molar-refractivity contribution < 1.29 is 0 Å². The molecule has 0 unspecified atom stereocenters. The molecule has 2 rings (SSSR count). The first-order valence-corrected chi connectivity index (χ1v) is 8.39. The van der Waals surface area contributed by atoms with Crippen molar-refractivity contribution >= 4 is 24.3 Å². The van der Waals surface area contributed by atoms with Crippen LogP contribution in [0.15, 0.2) is 18.9 Å². The second kappa shape index (κ2) is 9.09. The van der Waals surface area contributed by atoms with Gasteiger partial charge in [0.2, 0.25) is 0 Å². The van der Waals surface area contributed by atoms with Crippen molar-refractivity contribution in [3.8, 4) is 0 Å². The maximum Gasteiger partial charge on any atom is 0.0602 e. The first kappa shape index (κ1) is 17.1. The van der Waals surface area contributed by atoms with Gasteiger partial charge >= 0.3 is 0 Å². The highest BCUT2D eigenvalue weighted by molar-refractivity contribution is 7.95. The summed E-state index contributed by atoms with van der Waals surface area (Å²) in [5.41, 5.74) is 3.79. The lowest BCUT2D eigenvalue weighted by Crippen LogP contribution is -2.24. The van der Waals surface area contributed by atoms with Crippen molar-refractivity contribution in [3.05, 3.63) is 35.7 Å². The zero-order valence-electron chi connectivity index (χ0n) is 13.4. The number of hydrogen-bond acceptors (Lipinski definition) is 2. The molecule has 0 N–H and O–H groups in total. The lowest BCUT2D eigenvalue weighted by atomic mass is 10.1. The number of hydrogen-bond donors (Lipinski definition) is 0. The van der Waals surface area contributed by atoms with Crippen molar-refractivity contribution in [2.24, 2.45) is 0 Å². The Bertz CT molecular complexity index is 440. The van der Waals surface area contributed by atoms with Crippen molar-refractivity contribution in [1.29, 1.82) is 0 Å². The Kier molecular flexibility index (Phi) is 7.78. The Labute approximate surface area is 128 Å². The summed E-state index contributed by atoms with van der Waals surface area (Å²) >= 11 is 1.83. The fourth-order valence-electron chi connectivity index (χ4n) is 2.36. The standard InChI is InChI=1S/C15H22N2S.C2H6/c1-4-9-15-14(5-2)13(3)12-17(15)18-16-10-7-6-8-11-16;1-2/h4-5,9,12H,2,6-8,10-11H2,1,3H3;1-2H3/b9-4-;. The summed E-state index contributed by atoms with van der Waals surface area (Å²) in [6.07, 6.45) is 12.4. The van der Waals surface area contributed by atoms with Gasteiger partial charge in [0, 0.05) is 37.0 Å². The van der Waals surface area contributed by atoms with E-state index in [1.54, 1.807) is 0 Å². The lowest BCUT2D eigenvalue weighted by Gasteiger charge is -2.25. The lowest BCUT2D eigenvalue weighted by molar-refractivity contribution is 0.379. The number of allylic oxidation sites excluding steroid dienone is 1. The van der Waals surface area contributed by atoms with E-state index >= 15 is 0 Å². The van der Waals surface area contributed by atoms with Crippen LogP contribution in [0.3, 0.4) is 0 Å². The number of rotatable bonds is 4. The normalized spacial score (nSPS) is 16.0. The molecule has 0 atom stereocenters. The predicted octanol–water partition coefficient (Wildman–Crippen LogP) is 5.40. The van der Waals surface area contributed by atoms with Gasteiger partial charge in [-0.15, -0.1) is 0 Å². The van der Waals surface area contributed by atoms with E-state index in [4.69, 9.17) is 0 Å². The molecule has 0 aromatic carbocycles. The molecule has 2 heterocycles. The molecule has 1 aromatic rings. The van der Waals surface area contributed by atoms with Crippen molar-refractivity contribution in [1.82, 2.24) is 8.28 Å². The average Bonchev–Trinajstić information content (AvgIpc) is 2.78. The van der Waals surface area contributed by atoms with Crippen LogP contribution >= 0.6 is 12.1 Å². The van der Waals surface area contributed by atoms with Crippen LogP contribution in [0, 0.1) is 6.92 Å². The van der Waals surface area contributed by atoms with Crippen LogP contribution < -0.4 is 0 Å². The Hall–Kier alpha value is -0.930. The van der Waals surface area contributed by atoms with E-state index in [1.807, 2.05) is 32.1 Å². The molecular weight excluding hydrogens is 264 g/mol. The monoisotopic (exact) mass is 292 g/mol. The van der Waals surface area contributed by atoms with Crippen LogP contribution in [-0.2, 0) is 0 Å². The van der Waals surface area contributed by atoms with Gasteiger partial charge < -0.3 is 0 Å². The zero-order valence-corrected chi connectivity index (χ0v) is 14.2. The largest absolute Gasteiger partial charge is 0.278 e. The Balaban J connectivity index is 0.000000956. The van der Waals surface area contributed by atoms with Gasteiger partial charge in [0.05, 0.1) is 5.69 Å². The van der Waals surface area contributed by atoms with E-state index in [-0.39, 0.29) is 0 Å². The van der Waals surface area contributed by atoms with Gasteiger partial charge in [0.25, 0.3) is 0 Å². The van der Waals surface area contributed by atoms with E-state index in [1.165, 1.54) is 49.2 Å². The molecule has 1 aromatic heterocycles. The smallest absolute Gasteiger partial charge is 0.0602 e. The summed E-state index contributed by atoms with van der Waals surface area (Å²) < 4.78 is 4.74. The highest BCUT2D eigenvalue weighted by Gasteiger charge is 2.15. The minimum atomic E-state index is 1.20. The number of piperidine rings is 1. The zero-order chi connectivity index (χ0) is 15.0. The Morgan fingerprint density at radius 2 is 1.85 bits per heavy atom. The van der Waals surface area contributed by atoms with Crippen LogP contribution in [0.4, 0.5) is 0 Å². The van der Waals surface area contributed by atoms with Crippen molar-refractivity contribution in [2.45, 2.75) is 47.0 Å². The first-order valence-electron chi connectivity index (χ1n) is 7.66. The fraction of sp³-hybridized carbons (Fsp3) is 0.529. The highest BCUT2D eigenvalue weighted by Crippen LogP contribution is 2.27. The third-order valence-corrected chi connectivity index (χ3v) is 4.37. The minimum Gasteiger partial charge on any atom is -0.278 e. The second-order valence-corrected chi connectivity index (χ2v) is 5.79. The topological polar surface area (TPSA) is 8.17 Å². The molecule has 0 spiro atoms. The highest BCUT2D eigenvalue weighted by atomic mass is 32.2. The molecule has 0 saturated carbocycles. The summed E-state index contributed by atoms with van der Waals surface area (Å²) in [6, 6.07) is 0. The molecule has 20 heavy (non-hydrogen) atoms. The number of aryl methyl sites for hydroxylation is 1. The summed E-state index contributed by atoms with van der Waals surface area (Å²) in [5.74, 6) is 0. The molecule has 3 heteroatoms. The molecule has 1 aliphatic rings. The molecule has 1 fully saturated rings. The van der Waals surface area contributed by atoms with Gasteiger partial charge in [-0.25, -0.2) is 4.31 Å². The third-order valence-electron chi connectivity index (χ3n) is 3.30. The van der Waals surface area contributed by atoms with Crippen LogP contribution in [0.25, 0.3) is 12.2 Å². The Morgan fingerprint density at radius 3 is 2.40 bits per heavy atom. The van der Waals surface area contributed by atoms with E-state index in [9.17, 15) is 0 Å². The van der Waals surface area contributed by atoms with E-state index in [0.717, 1.165) is 0 Å². The quantitative estimate of drug-likeness (QED) is 0.687. The van der Waals surface area contributed by atoms with Gasteiger partial charge in [0.1, 0.15) is 0 Å². The molecule has 0 bridgehead atoms. The summed E-state index contributed by atoms with van der Waals surface area (Å²) in [7, 11) is 0. The van der Waals surface area contributed by atoms with Crippen molar-refractivity contribution in [3.63, 3.8) is 0 Å². The molecule has 1 aliphatic heterocycles. The molecule has 1 saturated heterocycles. The SMILES string of the molecule is C=Cc1c(C)cn(SN2CCCCC2)c1/C=C\C.CC. The molecule has 112 valence electrons. The number of nitrogens with zero attached hydrogens (tertiary/aromatic N) is 2. The minimum absolute atomic E-state index is 1.20. The van der Waals surface area contributed by atoms with E-state index in [0.29, 0.717) is 0 Å². The van der Waals surface area contributed by atoms with Gasteiger partial charge in [0.15, 0.2) is 0 Å². The van der Waals surface area contributed by atoms with Crippen molar-refractivity contribution in [2.75, 3.05) is 13.1 Å². The molecular formula is C17H28N2S. The summed E-state index contributed by atoms with van der Waals surface area (Å²) in [5, 5.41) is 0. The van der Waals surface area contributed by atoms with E-state index < -0.39 is 0 Å². The van der Waals surface area contributed by atoms with Crippen LogP contribution in [-0.4, -0.2) is 21.4 Å². The summed E-state index contributed by atoms with van der Waals surface area (Å²) in [6.45, 7) is 14.5.